The van der Waals surface area contributed by atoms with Gasteiger partial charge in [0.05, 0.1) is 23.9 Å². The van der Waals surface area contributed by atoms with E-state index in [1.807, 2.05) is 30.3 Å². The molecule has 1 saturated heterocycles. The van der Waals surface area contributed by atoms with Crippen molar-refractivity contribution in [1.82, 2.24) is 15.1 Å². The number of rotatable bonds is 13. The molecule has 0 spiro atoms. The SMILES string of the molecule is C[C@@H](c1ccccc1)C(C(=O)Nc1ccc(I)cc1Cl)N1C(=O)N[C@H](c2ccc(OCC(=O)N(CCO)CCO)cc2)C1=O. The molecule has 0 aromatic heterocycles. The Morgan fingerprint density at radius 2 is 1.70 bits per heavy atom. The fraction of sp³-hybridized carbons (Fsp3) is 0.290. The molecule has 0 bridgehead atoms. The van der Waals surface area contributed by atoms with Crippen molar-refractivity contribution in [3.8, 4) is 5.75 Å². The number of urea groups is 1. The van der Waals surface area contributed by atoms with Crippen LogP contribution in [0.5, 0.6) is 5.75 Å². The van der Waals surface area contributed by atoms with Gasteiger partial charge >= 0.3 is 6.03 Å². The van der Waals surface area contributed by atoms with Crippen molar-refractivity contribution in [3.05, 3.63) is 92.5 Å². The molecule has 4 rings (SSSR count). The van der Waals surface area contributed by atoms with Crippen LogP contribution in [-0.2, 0) is 14.4 Å². The standard InChI is InChI=1S/C31H32ClIN4O7/c1-19(20-5-3-2-4-6-20)28(29(41)34-25-12-9-22(33)17-24(25)32)37-30(42)27(35-31(37)43)21-7-10-23(11-8-21)44-18-26(40)36(13-15-38)14-16-39/h2-12,17,19,27-28,38-39H,13-16,18H2,1H3,(H,34,41)(H,35,43)/t19-,27+,28?/m0/s1. The van der Waals surface area contributed by atoms with Crippen molar-refractivity contribution in [2.75, 3.05) is 38.2 Å². The first-order valence-electron chi connectivity index (χ1n) is 13.8. The summed E-state index contributed by atoms with van der Waals surface area (Å²) in [5, 5.41) is 24.1. The zero-order chi connectivity index (χ0) is 31.8. The van der Waals surface area contributed by atoms with Gasteiger partial charge in [0.1, 0.15) is 17.8 Å². The second-order valence-corrected chi connectivity index (χ2v) is 11.7. The number of aliphatic hydroxyl groups is 2. The van der Waals surface area contributed by atoms with Crippen molar-refractivity contribution in [2.45, 2.75) is 24.9 Å². The van der Waals surface area contributed by atoms with Gasteiger partial charge in [-0.1, -0.05) is 61.0 Å². The molecule has 11 nitrogen and oxygen atoms in total. The van der Waals surface area contributed by atoms with E-state index >= 15 is 0 Å². The highest BCUT2D eigenvalue weighted by molar-refractivity contribution is 14.1. The predicted octanol–water partition coefficient (Wildman–Crippen LogP) is 3.54. The number of benzene rings is 3. The fourth-order valence-electron chi connectivity index (χ4n) is 4.88. The number of anilines is 1. The highest BCUT2D eigenvalue weighted by atomic mass is 127. The number of hydrogen-bond acceptors (Lipinski definition) is 7. The van der Waals surface area contributed by atoms with Crippen LogP contribution in [0.4, 0.5) is 10.5 Å². The number of carbonyl (C=O) groups excluding carboxylic acids is 4. The molecule has 3 aromatic rings. The first kappa shape index (κ1) is 33.2. The van der Waals surface area contributed by atoms with Crippen molar-refractivity contribution >= 4 is 63.6 Å². The zero-order valence-corrected chi connectivity index (χ0v) is 26.7. The third kappa shape index (κ3) is 7.86. The number of aliphatic hydroxyl groups excluding tert-OH is 2. The third-order valence-corrected chi connectivity index (χ3v) is 8.16. The van der Waals surface area contributed by atoms with E-state index in [4.69, 9.17) is 26.6 Å². The molecule has 4 N–H and O–H groups in total. The van der Waals surface area contributed by atoms with Gasteiger partial charge in [-0.2, -0.15) is 0 Å². The van der Waals surface area contributed by atoms with Crippen molar-refractivity contribution < 1.29 is 34.1 Å². The minimum absolute atomic E-state index is 0.0708. The van der Waals surface area contributed by atoms with E-state index in [0.717, 1.165) is 14.0 Å². The summed E-state index contributed by atoms with van der Waals surface area (Å²) in [5.41, 5.74) is 1.58. The Kier molecular flexibility index (Phi) is 11.6. The van der Waals surface area contributed by atoms with Crippen LogP contribution in [0.1, 0.15) is 30.0 Å². The lowest BCUT2D eigenvalue weighted by atomic mass is 9.91. The van der Waals surface area contributed by atoms with E-state index in [0.29, 0.717) is 22.0 Å². The van der Waals surface area contributed by atoms with Crippen molar-refractivity contribution in [1.29, 1.82) is 0 Å². The number of carbonyl (C=O) groups is 4. The Hall–Kier alpha value is -3.72. The first-order valence-corrected chi connectivity index (χ1v) is 15.3. The topological polar surface area (TPSA) is 149 Å². The smallest absolute Gasteiger partial charge is 0.325 e. The molecule has 0 radical (unpaired) electrons. The van der Waals surface area contributed by atoms with E-state index in [1.165, 1.54) is 4.90 Å². The van der Waals surface area contributed by atoms with Gasteiger partial charge in [-0.05, 0) is 64.0 Å². The van der Waals surface area contributed by atoms with Gasteiger partial charge in [-0.25, -0.2) is 9.69 Å². The van der Waals surface area contributed by atoms with E-state index < -0.39 is 41.8 Å². The Bertz CT molecular complexity index is 1490. The van der Waals surface area contributed by atoms with Crippen molar-refractivity contribution in [3.63, 3.8) is 0 Å². The van der Waals surface area contributed by atoms with Crippen LogP contribution >= 0.6 is 34.2 Å². The largest absolute Gasteiger partial charge is 0.484 e. The third-order valence-electron chi connectivity index (χ3n) is 7.17. The van der Waals surface area contributed by atoms with Gasteiger partial charge in [0.25, 0.3) is 11.8 Å². The van der Waals surface area contributed by atoms with Crippen LogP contribution < -0.4 is 15.4 Å². The molecule has 3 aromatic carbocycles. The minimum atomic E-state index is -1.19. The second-order valence-electron chi connectivity index (χ2n) is 10.0. The Morgan fingerprint density at radius 1 is 1.05 bits per heavy atom. The maximum absolute atomic E-state index is 13.8. The van der Waals surface area contributed by atoms with Gasteiger partial charge in [-0.3, -0.25) is 14.4 Å². The van der Waals surface area contributed by atoms with Gasteiger partial charge in [0.2, 0.25) is 5.91 Å². The average molecular weight is 735 g/mol. The summed E-state index contributed by atoms with van der Waals surface area (Å²) in [6.07, 6.45) is 0. The Balaban J connectivity index is 1.53. The maximum Gasteiger partial charge on any atom is 0.325 e. The lowest BCUT2D eigenvalue weighted by molar-refractivity contribution is -0.134. The van der Waals surface area contributed by atoms with Crippen molar-refractivity contribution in [2.24, 2.45) is 0 Å². The number of imide groups is 1. The quantitative estimate of drug-likeness (QED) is 0.155. The van der Waals surface area contributed by atoms with E-state index in [-0.39, 0.29) is 32.9 Å². The number of hydrogen-bond donors (Lipinski definition) is 4. The minimum Gasteiger partial charge on any atom is -0.484 e. The Labute approximate surface area is 273 Å². The second kappa shape index (κ2) is 15.3. The molecule has 3 atom stereocenters. The van der Waals surface area contributed by atoms with Gasteiger partial charge in [-0.15, -0.1) is 0 Å². The average Bonchev–Trinajstić information content (AvgIpc) is 3.31. The fourth-order valence-corrected chi connectivity index (χ4v) is 5.79. The van der Waals surface area contributed by atoms with Gasteiger partial charge in [0, 0.05) is 22.6 Å². The number of nitrogens with one attached hydrogen (secondary N) is 2. The summed E-state index contributed by atoms with van der Waals surface area (Å²) in [7, 11) is 0. The van der Waals surface area contributed by atoms with Crippen LogP contribution in [-0.4, -0.2) is 82.7 Å². The molecule has 0 saturated carbocycles. The number of ether oxygens (including phenoxy) is 1. The molecule has 1 aliphatic rings. The maximum atomic E-state index is 13.8. The van der Waals surface area contributed by atoms with E-state index in [9.17, 15) is 19.2 Å². The molecular formula is C31H32ClIN4O7. The number of nitrogens with zero attached hydrogens (tertiary/aromatic N) is 2. The molecule has 232 valence electrons. The highest BCUT2D eigenvalue weighted by Gasteiger charge is 2.47. The van der Waals surface area contributed by atoms with E-state index in [1.54, 1.807) is 49.4 Å². The van der Waals surface area contributed by atoms with Crippen LogP contribution in [0.15, 0.2) is 72.8 Å². The lowest BCUT2D eigenvalue weighted by Crippen LogP contribution is -2.50. The highest BCUT2D eigenvalue weighted by Crippen LogP contribution is 2.32. The normalized spacial score (nSPS) is 15.8. The predicted molar refractivity (Wildman–Crippen MR) is 172 cm³/mol. The number of amides is 5. The number of halogens is 2. The summed E-state index contributed by atoms with van der Waals surface area (Å²) < 4.78 is 6.43. The molecule has 13 heteroatoms. The molecule has 0 aliphatic carbocycles. The summed E-state index contributed by atoms with van der Waals surface area (Å²) in [6.45, 7) is 1.11. The lowest BCUT2D eigenvalue weighted by Gasteiger charge is -2.30. The molecule has 44 heavy (non-hydrogen) atoms. The zero-order valence-electron chi connectivity index (χ0n) is 23.8. The molecule has 1 unspecified atom stereocenters. The molecular weight excluding hydrogens is 703 g/mol. The molecule has 1 heterocycles. The van der Waals surface area contributed by atoms with Gasteiger partial charge in [0.15, 0.2) is 6.61 Å². The van der Waals surface area contributed by atoms with Crippen LogP contribution in [0.25, 0.3) is 0 Å². The summed E-state index contributed by atoms with van der Waals surface area (Å²) in [4.78, 5) is 55.4. The monoisotopic (exact) mass is 734 g/mol. The van der Waals surface area contributed by atoms with Crippen LogP contribution in [0.3, 0.4) is 0 Å². The first-order chi connectivity index (χ1) is 21.1. The molecule has 1 fully saturated rings. The summed E-state index contributed by atoms with van der Waals surface area (Å²) >= 11 is 8.47. The molecule has 5 amide bonds. The Morgan fingerprint density at radius 3 is 2.32 bits per heavy atom. The summed E-state index contributed by atoms with van der Waals surface area (Å²) in [6, 6.07) is 17.6. The van der Waals surface area contributed by atoms with E-state index in [2.05, 4.69) is 33.2 Å². The van der Waals surface area contributed by atoms with Gasteiger partial charge < -0.3 is 30.5 Å². The van der Waals surface area contributed by atoms with Crippen LogP contribution in [0.2, 0.25) is 5.02 Å². The van der Waals surface area contributed by atoms with Crippen LogP contribution in [0, 0.1) is 3.57 Å². The summed E-state index contributed by atoms with van der Waals surface area (Å²) in [5.74, 6) is -1.79. The molecule has 1 aliphatic heterocycles.